The molecule has 2 N–H and O–H groups in total. The lowest BCUT2D eigenvalue weighted by Gasteiger charge is -2.09. The summed E-state index contributed by atoms with van der Waals surface area (Å²) in [5.74, 6) is 0.617. The van der Waals surface area contributed by atoms with Gasteiger partial charge < -0.3 is 15.1 Å². The van der Waals surface area contributed by atoms with Crippen molar-refractivity contribution in [2.75, 3.05) is 10.6 Å². The van der Waals surface area contributed by atoms with Crippen LogP contribution in [0.25, 0.3) is 0 Å². The van der Waals surface area contributed by atoms with Crippen molar-refractivity contribution >= 4 is 17.3 Å². The van der Waals surface area contributed by atoms with Crippen molar-refractivity contribution in [2.45, 2.75) is 20.4 Å². The van der Waals surface area contributed by atoms with Crippen LogP contribution in [0, 0.1) is 13.8 Å². The van der Waals surface area contributed by atoms with Gasteiger partial charge in [-0.05, 0) is 49.7 Å². The van der Waals surface area contributed by atoms with Gasteiger partial charge in [0.05, 0.1) is 24.7 Å². The number of aromatic nitrogens is 1. The van der Waals surface area contributed by atoms with Crippen LogP contribution in [0.4, 0.5) is 11.4 Å². The summed E-state index contributed by atoms with van der Waals surface area (Å²) in [7, 11) is 0. The van der Waals surface area contributed by atoms with E-state index in [9.17, 15) is 4.79 Å². The van der Waals surface area contributed by atoms with Crippen molar-refractivity contribution in [2.24, 2.45) is 0 Å². The first-order chi connectivity index (χ1) is 11.6. The molecule has 2 heterocycles. The largest absolute Gasteiger partial charge is 0.467 e. The molecule has 0 fully saturated rings. The number of nitrogens with one attached hydrogen (secondary N) is 2. The van der Waals surface area contributed by atoms with Gasteiger partial charge in [0.2, 0.25) is 0 Å². The van der Waals surface area contributed by atoms with Crippen LogP contribution in [0.15, 0.2) is 59.3 Å². The van der Waals surface area contributed by atoms with Crippen molar-refractivity contribution in [1.82, 2.24) is 4.98 Å². The van der Waals surface area contributed by atoms with E-state index in [1.165, 1.54) is 0 Å². The predicted molar refractivity (Wildman–Crippen MR) is 94.1 cm³/mol. The smallest absolute Gasteiger partial charge is 0.274 e. The second kappa shape index (κ2) is 7.00. The Balaban J connectivity index is 1.63. The van der Waals surface area contributed by atoms with Crippen LogP contribution in [-0.2, 0) is 6.54 Å². The summed E-state index contributed by atoms with van der Waals surface area (Å²) in [6.07, 6.45) is 3.27. The van der Waals surface area contributed by atoms with Crippen LogP contribution in [0.1, 0.15) is 27.4 Å². The molecule has 5 heteroatoms. The quantitative estimate of drug-likeness (QED) is 0.740. The Bertz CT molecular complexity index is 824. The van der Waals surface area contributed by atoms with E-state index in [0.29, 0.717) is 12.2 Å². The number of furan rings is 1. The zero-order valence-electron chi connectivity index (χ0n) is 13.7. The minimum absolute atomic E-state index is 0.223. The Morgan fingerprint density at radius 1 is 1.17 bits per heavy atom. The summed E-state index contributed by atoms with van der Waals surface area (Å²) >= 11 is 0. The lowest BCUT2D eigenvalue weighted by molar-refractivity contribution is 0.102. The molecule has 24 heavy (non-hydrogen) atoms. The number of anilines is 2. The fourth-order valence-electron chi connectivity index (χ4n) is 2.38. The summed E-state index contributed by atoms with van der Waals surface area (Å²) in [4.78, 5) is 16.5. The summed E-state index contributed by atoms with van der Waals surface area (Å²) < 4.78 is 5.26. The highest BCUT2D eigenvalue weighted by atomic mass is 16.3. The number of nitrogens with zero attached hydrogens (tertiary/aromatic N) is 1. The average Bonchev–Trinajstić information content (AvgIpc) is 3.09. The second-order valence-electron chi connectivity index (χ2n) is 5.64. The maximum atomic E-state index is 12.3. The summed E-state index contributed by atoms with van der Waals surface area (Å²) in [6.45, 7) is 4.56. The number of amides is 1. The molecule has 0 spiro atoms. The van der Waals surface area contributed by atoms with Gasteiger partial charge in [-0.25, -0.2) is 4.98 Å². The highest BCUT2D eigenvalue weighted by molar-refractivity contribution is 6.03. The fraction of sp³-hybridized carbons (Fsp3) is 0.158. The minimum atomic E-state index is -0.223. The van der Waals surface area contributed by atoms with Crippen LogP contribution >= 0.6 is 0 Å². The number of rotatable bonds is 5. The molecule has 0 saturated heterocycles. The Kier molecular flexibility index (Phi) is 4.61. The van der Waals surface area contributed by atoms with Crippen molar-refractivity contribution in [1.29, 1.82) is 0 Å². The lowest BCUT2D eigenvalue weighted by Crippen LogP contribution is -2.14. The van der Waals surface area contributed by atoms with Gasteiger partial charge in [0, 0.05) is 5.69 Å². The van der Waals surface area contributed by atoms with Crippen molar-refractivity contribution in [3.63, 3.8) is 0 Å². The molecule has 0 saturated carbocycles. The monoisotopic (exact) mass is 321 g/mol. The Morgan fingerprint density at radius 3 is 2.71 bits per heavy atom. The minimum Gasteiger partial charge on any atom is -0.467 e. The third-order valence-electron chi connectivity index (χ3n) is 3.67. The summed E-state index contributed by atoms with van der Waals surface area (Å²) in [5.41, 5.74) is 4.19. The Morgan fingerprint density at radius 2 is 2.04 bits per heavy atom. The van der Waals surface area contributed by atoms with E-state index in [-0.39, 0.29) is 5.91 Å². The van der Waals surface area contributed by atoms with E-state index in [4.69, 9.17) is 4.42 Å². The molecule has 0 atom stereocenters. The first-order valence-electron chi connectivity index (χ1n) is 7.73. The molecule has 0 aliphatic carbocycles. The molecule has 2 aromatic heterocycles. The standard InChI is InChI=1S/C19H19N3O2/c1-13-5-7-17(14(2)10-13)22-19(23)18-8-6-15(11-21-18)20-12-16-4-3-9-24-16/h3-11,20H,12H2,1-2H3,(H,22,23). The molecule has 3 aromatic rings. The van der Waals surface area contributed by atoms with E-state index in [2.05, 4.69) is 15.6 Å². The molecule has 5 nitrogen and oxygen atoms in total. The van der Waals surface area contributed by atoms with Crippen LogP contribution < -0.4 is 10.6 Å². The second-order valence-corrected chi connectivity index (χ2v) is 5.64. The van der Waals surface area contributed by atoms with E-state index in [1.807, 2.05) is 50.2 Å². The lowest BCUT2D eigenvalue weighted by atomic mass is 10.1. The molecule has 0 radical (unpaired) electrons. The van der Waals surface area contributed by atoms with E-state index in [1.54, 1.807) is 18.5 Å². The molecular formula is C19H19N3O2. The van der Waals surface area contributed by atoms with Crippen LogP contribution in [-0.4, -0.2) is 10.9 Å². The van der Waals surface area contributed by atoms with Gasteiger partial charge in [-0.2, -0.15) is 0 Å². The molecule has 0 unspecified atom stereocenters. The predicted octanol–water partition coefficient (Wildman–Crippen LogP) is 4.16. The SMILES string of the molecule is Cc1ccc(NC(=O)c2ccc(NCc3ccco3)cn2)c(C)c1. The van der Waals surface area contributed by atoms with Gasteiger partial charge in [0.25, 0.3) is 5.91 Å². The molecule has 1 amide bonds. The first-order valence-corrected chi connectivity index (χ1v) is 7.73. The number of carbonyl (C=O) groups excluding carboxylic acids is 1. The molecule has 122 valence electrons. The van der Waals surface area contributed by atoms with Crippen molar-refractivity contribution < 1.29 is 9.21 Å². The fourth-order valence-corrected chi connectivity index (χ4v) is 2.38. The molecular weight excluding hydrogens is 302 g/mol. The van der Waals surface area contributed by atoms with Crippen LogP contribution in [0.2, 0.25) is 0 Å². The highest BCUT2D eigenvalue weighted by Gasteiger charge is 2.09. The Labute approximate surface area is 140 Å². The van der Waals surface area contributed by atoms with Gasteiger partial charge in [0.15, 0.2) is 0 Å². The van der Waals surface area contributed by atoms with E-state index >= 15 is 0 Å². The Hall–Kier alpha value is -3.08. The maximum Gasteiger partial charge on any atom is 0.274 e. The maximum absolute atomic E-state index is 12.3. The molecule has 0 aliphatic heterocycles. The number of pyridine rings is 1. The van der Waals surface area contributed by atoms with Gasteiger partial charge in [-0.3, -0.25) is 4.79 Å². The summed E-state index contributed by atoms with van der Waals surface area (Å²) in [6, 6.07) is 13.2. The average molecular weight is 321 g/mol. The van der Waals surface area contributed by atoms with Crippen LogP contribution in [0.3, 0.4) is 0 Å². The number of carbonyl (C=O) groups is 1. The van der Waals surface area contributed by atoms with Crippen molar-refractivity contribution in [3.8, 4) is 0 Å². The zero-order chi connectivity index (χ0) is 16.9. The highest BCUT2D eigenvalue weighted by Crippen LogP contribution is 2.17. The third kappa shape index (κ3) is 3.81. The molecule has 1 aromatic carbocycles. The third-order valence-corrected chi connectivity index (χ3v) is 3.67. The number of benzene rings is 1. The van der Waals surface area contributed by atoms with Crippen LogP contribution in [0.5, 0.6) is 0 Å². The van der Waals surface area contributed by atoms with Gasteiger partial charge >= 0.3 is 0 Å². The van der Waals surface area contributed by atoms with Gasteiger partial charge in [-0.1, -0.05) is 17.7 Å². The van der Waals surface area contributed by atoms with E-state index < -0.39 is 0 Å². The number of hydrogen-bond donors (Lipinski definition) is 2. The zero-order valence-corrected chi connectivity index (χ0v) is 13.7. The van der Waals surface area contributed by atoms with Gasteiger partial charge in [-0.15, -0.1) is 0 Å². The first kappa shape index (κ1) is 15.8. The number of aryl methyl sites for hydroxylation is 2. The molecule has 3 rings (SSSR count). The normalized spacial score (nSPS) is 10.4. The van der Waals surface area contributed by atoms with Crippen molar-refractivity contribution in [3.05, 3.63) is 77.5 Å². The molecule has 0 aliphatic rings. The van der Waals surface area contributed by atoms with Gasteiger partial charge in [0.1, 0.15) is 11.5 Å². The number of hydrogen-bond acceptors (Lipinski definition) is 4. The summed E-state index contributed by atoms with van der Waals surface area (Å²) in [5, 5.41) is 6.08. The van der Waals surface area contributed by atoms with E-state index in [0.717, 1.165) is 28.3 Å². The topological polar surface area (TPSA) is 67.2 Å². The molecule has 0 bridgehead atoms.